The first kappa shape index (κ1) is 18.8. The van der Waals surface area contributed by atoms with E-state index in [0.29, 0.717) is 5.92 Å². The number of methoxy groups -OCH3 is 2. The molecule has 2 atom stereocenters. The summed E-state index contributed by atoms with van der Waals surface area (Å²) >= 11 is 0. The third kappa shape index (κ3) is 4.13. The van der Waals surface area contributed by atoms with Crippen LogP contribution >= 0.6 is 0 Å². The molecule has 146 valence electrons. The van der Waals surface area contributed by atoms with Crippen molar-refractivity contribution in [1.82, 2.24) is 10.6 Å². The number of nitrogens with one attached hydrogen (secondary N) is 2. The van der Waals surface area contributed by atoms with Gasteiger partial charge in [0.1, 0.15) is 11.5 Å². The van der Waals surface area contributed by atoms with Gasteiger partial charge in [-0.2, -0.15) is 0 Å². The highest BCUT2D eigenvalue weighted by molar-refractivity contribution is 5.36. The number of hydrogen-bond donors (Lipinski definition) is 2. The Kier molecular flexibility index (Phi) is 5.79. The summed E-state index contributed by atoms with van der Waals surface area (Å²) in [6.07, 6.45) is 11.5. The smallest absolute Gasteiger partial charge is 0.118 e. The van der Waals surface area contributed by atoms with Crippen LogP contribution in [0.4, 0.5) is 0 Å². The first-order valence-electron chi connectivity index (χ1n) is 9.90. The molecule has 0 amide bonds. The number of hydrogen-bond acceptors (Lipinski definition) is 4. The molecule has 1 fully saturated rings. The van der Waals surface area contributed by atoms with Crippen LogP contribution in [-0.2, 0) is 0 Å². The molecule has 0 spiro atoms. The summed E-state index contributed by atoms with van der Waals surface area (Å²) in [5, 5.41) is 7.64. The molecule has 2 N–H and O–H groups in total. The van der Waals surface area contributed by atoms with E-state index in [9.17, 15) is 0 Å². The number of allylic oxidation sites excluding steroid dienone is 4. The molecule has 2 aromatic rings. The topological polar surface area (TPSA) is 42.5 Å². The summed E-state index contributed by atoms with van der Waals surface area (Å²) < 4.78 is 10.7. The number of rotatable bonds is 6. The molecule has 1 saturated heterocycles. The van der Waals surface area contributed by atoms with Crippen LogP contribution < -0.4 is 20.1 Å². The lowest BCUT2D eigenvalue weighted by molar-refractivity contribution is 0.413. The maximum Gasteiger partial charge on any atom is 0.118 e. The number of ether oxygens (including phenoxy) is 2. The molecule has 0 saturated carbocycles. The predicted molar refractivity (Wildman–Crippen MR) is 113 cm³/mol. The van der Waals surface area contributed by atoms with Crippen molar-refractivity contribution in [2.45, 2.75) is 31.1 Å². The zero-order valence-electron chi connectivity index (χ0n) is 16.5. The largest absolute Gasteiger partial charge is 0.497 e. The minimum Gasteiger partial charge on any atom is -0.497 e. The molecule has 2 aromatic carbocycles. The van der Waals surface area contributed by atoms with E-state index in [2.05, 4.69) is 59.2 Å². The third-order valence-electron chi connectivity index (χ3n) is 5.59. The van der Waals surface area contributed by atoms with Gasteiger partial charge >= 0.3 is 0 Å². The molecule has 4 rings (SSSR count). The van der Waals surface area contributed by atoms with Crippen molar-refractivity contribution >= 4 is 0 Å². The van der Waals surface area contributed by atoms with Crippen molar-refractivity contribution in [3.8, 4) is 11.5 Å². The molecule has 0 bridgehead atoms. The Morgan fingerprint density at radius 2 is 1.21 bits per heavy atom. The van der Waals surface area contributed by atoms with E-state index in [1.165, 1.54) is 11.1 Å². The van der Waals surface area contributed by atoms with Crippen molar-refractivity contribution in [3.63, 3.8) is 0 Å². The van der Waals surface area contributed by atoms with Gasteiger partial charge in [0.15, 0.2) is 0 Å². The summed E-state index contributed by atoms with van der Waals surface area (Å²) in [5.41, 5.74) is 2.51. The molecule has 1 heterocycles. The molecule has 1 aliphatic heterocycles. The fourth-order valence-electron chi connectivity index (χ4n) is 4.09. The van der Waals surface area contributed by atoms with Crippen LogP contribution in [0.1, 0.15) is 36.1 Å². The fraction of sp³-hybridized carbons (Fsp3) is 0.333. The monoisotopic (exact) mass is 376 g/mol. The van der Waals surface area contributed by atoms with Gasteiger partial charge in [-0.25, -0.2) is 0 Å². The van der Waals surface area contributed by atoms with Gasteiger partial charge in [-0.1, -0.05) is 48.6 Å². The summed E-state index contributed by atoms with van der Waals surface area (Å²) in [6.45, 7) is 0. The average Bonchev–Trinajstić information content (AvgIpc) is 3.18. The van der Waals surface area contributed by atoms with Gasteiger partial charge in [0.05, 0.1) is 32.5 Å². The van der Waals surface area contributed by atoms with Gasteiger partial charge in [-0.05, 0) is 54.2 Å². The lowest BCUT2D eigenvalue weighted by atomic mass is 9.95. The van der Waals surface area contributed by atoms with Crippen LogP contribution in [-0.4, -0.2) is 20.4 Å². The Labute approximate surface area is 167 Å². The van der Waals surface area contributed by atoms with Gasteiger partial charge in [0.25, 0.3) is 0 Å². The fourth-order valence-corrected chi connectivity index (χ4v) is 4.09. The highest BCUT2D eigenvalue weighted by Crippen LogP contribution is 2.36. The van der Waals surface area contributed by atoms with Gasteiger partial charge in [0, 0.05) is 0 Å². The van der Waals surface area contributed by atoms with Crippen molar-refractivity contribution in [2.75, 3.05) is 14.2 Å². The minimum atomic E-state index is 0.195. The van der Waals surface area contributed by atoms with Crippen LogP contribution in [0.25, 0.3) is 0 Å². The van der Waals surface area contributed by atoms with E-state index < -0.39 is 0 Å². The molecule has 28 heavy (non-hydrogen) atoms. The molecular weight excluding hydrogens is 348 g/mol. The van der Waals surface area contributed by atoms with E-state index in [0.717, 1.165) is 24.3 Å². The van der Waals surface area contributed by atoms with Crippen molar-refractivity contribution < 1.29 is 9.47 Å². The van der Waals surface area contributed by atoms with E-state index in [1.807, 2.05) is 24.3 Å². The second-order valence-corrected chi connectivity index (χ2v) is 7.38. The summed E-state index contributed by atoms with van der Waals surface area (Å²) in [6, 6.07) is 17.1. The summed E-state index contributed by atoms with van der Waals surface area (Å²) in [7, 11) is 3.40. The maximum atomic E-state index is 5.33. The number of benzene rings is 2. The SMILES string of the molecule is COc1ccc([C@H]2NC(CC3C=CCC=C3)N[C@@H]2c2ccc(OC)cc2)cc1. The summed E-state index contributed by atoms with van der Waals surface area (Å²) in [5.74, 6) is 2.24. The van der Waals surface area contributed by atoms with Gasteiger partial charge in [0.2, 0.25) is 0 Å². The average molecular weight is 377 g/mol. The van der Waals surface area contributed by atoms with Gasteiger partial charge in [-0.3, -0.25) is 10.6 Å². The van der Waals surface area contributed by atoms with Crippen molar-refractivity contribution in [1.29, 1.82) is 0 Å². The zero-order valence-corrected chi connectivity index (χ0v) is 16.5. The van der Waals surface area contributed by atoms with Crippen molar-refractivity contribution in [3.05, 3.63) is 84.0 Å². The van der Waals surface area contributed by atoms with Gasteiger partial charge < -0.3 is 9.47 Å². The lowest BCUT2D eigenvalue weighted by Gasteiger charge is -2.20. The Morgan fingerprint density at radius 1 is 0.750 bits per heavy atom. The molecule has 0 unspecified atom stereocenters. The molecule has 0 aromatic heterocycles. The quantitative estimate of drug-likeness (QED) is 0.727. The maximum absolute atomic E-state index is 5.33. The van der Waals surface area contributed by atoms with Crippen LogP contribution in [0.15, 0.2) is 72.8 Å². The third-order valence-corrected chi connectivity index (χ3v) is 5.59. The minimum absolute atomic E-state index is 0.195. The highest BCUT2D eigenvalue weighted by atomic mass is 16.5. The second-order valence-electron chi connectivity index (χ2n) is 7.38. The zero-order chi connectivity index (χ0) is 19.3. The van der Waals surface area contributed by atoms with Gasteiger partial charge in [-0.15, -0.1) is 0 Å². The van der Waals surface area contributed by atoms with Crippen LogP contribution in [0.3, 0.4) is 0 Å². The highest BCUT2D eigenvalue weighted by Gasteiger charge is 2.35. The van der Waals surface area contributed by atoms with E-state index in [4.69, 9.17) is 9.47 Å². The normalized spacial score (nSPS) is 22.5. The molecule has 4 heteroatoms. The first-order chi connectivity index (χ1) is 13.8. The van der Waals surface area contributed by atoms with Crippen LogP contribution in [0.5, 0.6) is 11.5 Å². The Bertz CT molecular complexity index is 759. The molecular formula is C24H28N2O2. The van der Waals surface area contributed by atoms with E-state index >= 15 is 0 Å². The van der Waals surface area contributed by atoms with Crippen LogP contribution in [0, 0.1) is 5.92 Å². The standard InChI is InChI=1S/C24H28N2O2/c1-27-20-12-8-18(9-13-20)23-24(19-10-14-21(28-2)15-11-19)26-22(25-23)16-17-6-4-3-5-7-17/h4-15,17,22-26H,3,16H2,1-2H3/t23-,24-/m1/s1. The lowest BCUT2D eigenvalue weighted by Crippen LogP contribution is -2.33. The second kappa shape index (κ2) is 8.63. The molecule has 4 nitrogen and oxygen atoms in total. The predicted octanol–water partition coefficient (Wildman–Crippen LogP) is 4.53. The molecule has 2 aliphatic rings. The van der Waals surface area contributed by atoms with Crippen LogP contribution in [0.2, 0.25) is 0 Å². The van der Waals surface area contributed by atoms with Crippen molar-refractivity contribution in [2.24, 2.45) is 5.92 Å². The van der Waals surface area contributed by atoms with E-state index in [1.54, 1.807) is 14.2 Å². The Balaban J connectivity index is 1.57. The van der Waals surface area contributed by atoms with E-state index in [-0.39, 0.29) is 18.2 Å². The Morgan fingerprint density at radius 3 is 1.64 bits per heavy atom. The summed E-state index contributed by atoms with van der Waals surface area (Å²) in [4.78, 5) is 0. The first-order valence-corrected chi connectivity index (χ1v) is 9.90. The Hall–Kier alpha value is -2.56. The molecule has 1 aliphatic carbocycles. The molecule has 0 radical (unpaired) electrons.